The Kier molecular flexibility index (Phi) is 6.33. The summed E-state index contributed by atoms with van der Waals surface area (Å²) in [5, 5.41) is 7.21. The van der Waals surface area contributed by atoms with Crippen molar-refractivity contribution in [2.45, 2.75) is 40.2 Å². The van der Waals surface area contributed by atoms with E-state index in [1.54, 1.807) is 15.8 Å². The molecule has 1 aromatic carbocycles. The number of rotatable bonds is 7. The van der Waals surface area contributed by atoms with Gasteiger partial charge in [0.05, 0.1) is 29.7 Å². The smallest absolute Gasteiger partial charge is 0.257 e. The molecule has 2 rings (SSSR count). The van der Waals surface area contributed by atoms with Crippen LogP contribution in [0.3, 0.4) is 0 Å². The van der Waals surface area contributed by atoms with Crippen molar-refractivity contribution in [2.75, 3.05) is 13.1 Å². The molecule has 0 aliphatic heterocycles. The van der Waals surface area contributed by atoms with Gasteiger partial charge in [-0.3, -0.25) is 9.59 Å². The lowest BCUT2D eigenvalue weighted by atomic mass is 10.1. The zero-order valence-electron chi connectivity index (χ0n) is 15.3. The average Bonchev–Trinajstić information content (AvgIpc) is 3.03. The molecule has 25 heavy (non-hydrogen) atoms. The van der Waals surface area contributed by atoms with Crippen LogP contribution in [0.2, 0.25) is 0 Å². The summed E-state index contributed by atoms with van der Waals surface area (Å²) in [7, 11) is 0. The van der Waals surface area contributed by atoms with Crippen molar-refractivity contribution in [3.05, 3.63) is 47.8 Å². The van der Waals surface area contributed by atoms with E-state index in [1.165, 1.54) is 0 Å². The van der Waals surface area contributed by atoms with Crippen LogP contribution < -0.4 is 5.32 Å². The minimum Gasteiger partial charge on any atom is -0.352 e. The van der Waals surface area contributed by atoms with E-state index < -0.39 is 0 Å². The van der Waals surface area contributed by atoms with Crippen molar-refractivity contribution in [3.8, 4) is 5.69 Å². The third-order valence-corrected chi connectivity index (χ3v) is 3.89. The summed E-state index contributed by atoms with van der Waals surface area (Å²) in [6.07, 6.45) is 2.27. The van der Waals surface area contributed by atoms with Gasteiger partial charge in [-0.15, -0.1) is 0 Å². The van der Waals surface area contributed by atoms with Gasteiger partial charge < -0.3 is 10.2 Å². The highest BCUT2D eigenvalue weighted by Gasteiger charge is 2.23. The summed E-state index contributed by atoms with van der Waals surface area (Å²) in [5.41, 5.74) is 2.31. The van der Waals surface area contributed by atoms with Crippen LogP contribution in [0.1, 0.15) is 43.7 Å². The Morgan fingerprint density at radius 2 is 1.88 bits per heavy atom. The fraction of sp³-hybridized carbons (Fsp3) is 0.421. The standard InChI is InChI=1S/C19H26N4O2/c1-5-17-16(12-20-23(17)15-10-8-7-9-11-15)19(25)22(6-2)13-18(24)21-14(3)4/h7-12,14H,5-6,13H2,1-4H3,(H,21,24). The van der Waals surface area contributed by atoms with Crippen molar-refractivity contribution >= 4 is 11.8 Å². The number of nitrogens with one attached hydrogen (secondary N) is 1. The molecular weight excluding hydrogens is 316 g/mol. The number of carbonyl (C=O) groups excluding carboxylic acids is 2. The van der Waals surface area contributed by atoms with Gasteiger partial charge in [-0.25, -0.2) is 4.68 Å². The van der Waals surface area contributed by atoms with Gasteiger partial charge in [0.2, 0.25) is 5.91 Å². The fourth-order valence-corrected chi connectivity index (χ4v) is 2.72. The molecule has 134 valence electrons. The largest absolute Gasteiger partial charge is 0.352 e. The Morgan fingerprint density at radius 1 is 1.20 bits per heavy atom. The van der Waals surface area contributed by atoms with Crippen molar-refractivity contribution in [2.24, 2.45) is 0 Å². The summed E-state index contributed by atoms with van der Waals surface area (Å²) >= 11 is 0. The molecule has 0 radical (unpaired) electrons. The number of hydrogen-bond donors (Lipinski definition) is 1. The first-order valence-electron chi connectivity index (χ1n) is 8.68. The van der Waals surface area contributed by atoms with Crippen LogP contribution in [0.15, 0.2) is 36.5 Å². The van der Waals surface area contributed by atoms with Crippen LogP contribution in [0.5, 0.6) is 0 Å². The van der Waals surface area contributed by atoms with E-state index in [9.17, 15) is 9.59 Å². The SMILES string of the molecule is CCc1c(C(=O)N(CC)CC(=O)NC(C)C)cnn1-c1ccccc1. The fourth-order valence-electron chi connectivity index (χ4n) is 2.72. The first-order chi connectivity index (χ1) is 12.0. The van der Waals surface area contributed by atoms with E-state index in [0.717, 1.165) is 11.4 Å². The van der Waals surface area contributed by atoms with Gasteiger partial charge in [0.25, 0.3) is 5.91 Å². The first kappa shape index (κ1) is 18.7. The van der Waals surface area contributed by atoms with Crippen LogP contribution >= 0.6 is 0 Å². The molecule has 2 aromatic rings. The zero-order chi connectivity index (χ0) is 18.4. The maximum atomic E-state index is 12.9. The monoisotopic (exact) mass is 342 g/mol. The third-order valence-electron chi connectivity index (χ3n) is 3.89. The summed E-state index contributed by atoms with van der Waals surface area (Å²) in [4.78, 5) is 26.5. The van der Waals surface area contributed by atoms with Crippen LogP contribution in [-0.2, 0) is 11.2 Å². The van der Waals surface area contributed by atoms with Crippen molar-refractivity contribution in [3.63, 3.8) is 0 Å². The predicted octanol–water partition coefficient (Wildman–Crippen LogP) is 2.42. The molecular formula is C19H26N4O2. The number of nitrogens with zero attached hydrogens (tertiary/aromatic N) is 3. The molecule has 0 aliphatic carbocycles. The van der Waals surface area contributed by atoms with Gasteiger partial charge in [0, 0.05) is 12.6 Å². The summed E-state index contributed by atoms with van der Waals surface area (Å²) < 4.78 is 1.79. The van der Waals surface area contributed by atoms with E-state index >= 15 is 0 Å². The van der Waals surface area contributed by atoms with E-state index in [-0.39, 0.29) is 24.4 Å². The quantitative estimate of drug-likeness (QED) is 0.840. The van der Waals surface area contributed by atoms with Crippen LogP contribution in [0.4, 0.5) is 0 Å². The van der Waals surface area contributed by atoms with Gasteiger partial charge in [-0.1, -0.05) is 25.1 Å². The Labute approximate surface area is 148 Å². The van der Waals surface area contributed by atoms with Crippen LogP contribution in [-0.4, -0.2) is 45.6 Å². The predicted molar refractivity (Wildman–Crippen MR) is 97.8 cm³/mol. The lowest BCUT2D eigenvalue weighted by molar-refractivity contribution is -0.122. The van der Waals surface area contributed by atoms with E-state index in [0.29, 0.717) is 18.5 Å². The molecule has 0 unspecified atom stereocenters. The molecule has 0 bridgehead atoms. The number of hydrogen-bond acceptors (Lipinski definition) is 3. The maximum Gasteiger partial charge on any atom is 0.257 e. The second-order valence-electron chi connectivity index (χ2n) is 6.15. The van der Waals surface area contributed by atoms with E-state index in [4.69, 9.17) is 0 Å². The second kappa shape index (κ2) is 8.46. The summed E-state index contributed by atoms with van der Waals surface area (Å²) in [5.74, 6) is -0.320. The highest BCUT2D eigenvalue weighted by molar-refractivity contribution is 5.97. The highest BCUT2D eigenvalue weighted by atomic mass is 16.2. The molecule has 0 aliphatic rings. The van der Waals surface area contributed by atoms with Crippen molar-refractivity contribution < 1.29 is 9.59 Å². The molecule has 1 aromatic heterocycles. The van der Waals surface area contributed by atoms with Gasteiger partial charge in [0.15, 0.2) is 0 Å². The molecule has 0 spiro atoms. The molecule has 6 nitrogen and oxygen atoms in total. The third kappa shape index (κ3) is 4.47. The first-order valence-corrected chi connectivity index (χ1v) is 8.68. The van der Waals surface area contributed by atoms with Crippen molar-refractivity contribution in [1.29, 1.82) is 0 Å². The molecule has 0 atom stereocenters. The molecule has 6 heteroatoms. The molecule has 1 N–H and O–H groups in total. The lowest BCUT2D eigenvalue weighted by Gasteiger charge is -2.21. The molecule has 0 saturated heterocycles. The van der Waals surface area contributed by atoms with Gasteiger partial charge in [-0.05, 0) is 39.3 Å². The number of likely N-dealkylation sites (N-methyl/N-ethyl adjacent to an activating group) is 1. The lowest BCUT2D eigenvalue weighted by Crippen LogP contribution is -2.42. The van der Waals surface area contributed by atoms with Gasteiger partial charge in [-0.2, -0.15) is 5.10 Å². The molecule has 0 saturated carbocycles. The second-order valence-corrected chi connectivity index (χ2v) is 6.15. The zero-order valence-corrected chi connectivity index (χ0v) is 15.3. The topological polar surface area (TPSA) is 67.2 Å². The number of para-hydroxylation sites is 1. The van der Waals surface area contributed by atoms with Gasteiger partial charge in [0.1, 0.15) is 0 Å². The van der Waals surface area contributed by atoms with Crippen molar-refractivity contribution in [1.82, 2.24) is 20.0 Å². The number of aromatic nitrogens is 2. The highest BCUT2D eigenvalue weighted by Crippen LogP contribution is 2.17. The Hall–Kier alpha value is -2.63. The van der Waals surface area contributed by atoms with E-state index in [1.807, 2.05) is 58.0 Å². The average molecular weight is 342 g/mol. The Bertz CT molecular complexity index is 722. The van der Waals surface area contributed by atoms with Crippen LogP contribution in [0, 0.1) is 0 Å². The minimum atomic E-state index is -0.166. The maximum absolute atomic E-state index is 12.9. The molecule has 1 heterocycles. The number of amides is 2. The Morgan fingerprint density at radius 3 is 2.44 bits per heavy atom. The minimum absolute atomic E-state index is 0.0488. The normalized spacial score (nSPS) is 10.8. The summed E-state index contributed by atoms with van der Waals surface area (Å²) in [6, 6.07) is 9.77. The van der Waals surface area contributed by atoms with Gasteiger partial charge >= 0.3 is 0 Å². The number of benzene rings is 1. The van der Waals surface area contributed by atoms with E-state index in [2.05, 4.69) is 10.4 Å². The molecule has 2 amide bonds. The number of carbonyl (C=O) groups is 2. The Balaban J connectivity index is 2.26. The van der Waals surface area contributed by atoms with Crippen LogP contribution in [0.25, 0.3) is 5.69 Å². The molecule has 0 fully saturated rings. The summed E-state index contributed by atoms with van der Waals surface area (Å²) in [6.45, 7) is 8.17.